The Labute approximate surface area is 190 Å². The van der Waals surface area contributed by atoms with E-state index in [-0.39, 0.29) is 5.82 Å². The summed E-state index contributed by atoms with van der Waals surface area (Å²) in [7, 11) is 0. The molecule has 31 heavy (non-hydrogen) atoms. The van der Waals surface area contributed by atoms with Crippen molar-refractivity contribution in [2.75, 3.05) is 6.61 Å². The number of aryl methyl sites for hydroxylation is 1. The lowest BCUT2D eigenvalue weighted by Crippen LogP contribution is -2.16. The van der Waals surface area contributed by atoms with Gasteiger partial charge in [0.1, 0.15) is 0 Å². The Morgan fingerprint density at radius 1 is 0.871 bits per heavy atom. The molecule has 174 valence electrons. The molecule has 0 bridgehead atoms. The smallest absolute Gasteiger partial charge is 0.165 e. The van der Waals surface area contributed by atoms with Crippen molar-refractivity contribution < 1.29 is 9.13 Å². The number of allylic oxidation sites excluding steroid dienone is 2. The maximum Gasteiger partial charge on any atom is 0.165 e. The second-order valence-corrected chi connectivity index (χ2v) is 10.2. The molecule has 2 aliphatic rings. The van der Waals surface area contributed by atoms with Crippen molar-refractivity contribution >= 4 is 0 Å². The van der Waals surface area contributed by atoms with Crippen LogP contribution in [0.4, 0.5) is 4.39 Å². The minimum atomic E-state index is -0.219. The molecule has 0 heterocycles. The number of hydrogen-bond acceptors (Lipinski definition) is 1. The number of rotatable bonds is 12. The minimum Gasteiger partial charge on any atom is -0.491 e. The third-order valence-corrected chi connectivity index (χ3v) is 7.72. The summed E-state index contributed by atoms with van der Waals surface area (Å²) in [6.07, 6.45) is 22.4. The van der Waals surface area contributed by atoms with Gasteiger partial charge in [-0.25, -0.2) is 4.39 Å². The van der Waals surface area contributed by atoms with Crippen molar-refractivity contribution in [2.45, 2.75) is 110 Å². The Kier molecular flexibility index (Phi) is 10.4. The van der Waals surface area contributed by atoms with Crippen LogP contribution >= 0.6 is 0 Å². The highest BCUT2D eigenvalue weighted by Crippen LogP contribution is 2.37. The van der Waals surface area contributed by atoms with E-state index >= 15 is 0 Å². The van der Waals surface area contributed by atoms with Crippen LogP contribution < -0.4 is 4.74 Å². The molecule has 0 amide bonds. The van der Waals surface area contributed by atoms with E-state index in [1.807, 2.05) is 13.0 Å². The largest absolute Gasteiger partial charge is 0.491 e. The molecular formula is C29H45FO. The van der Waals surface area contributed by atoms with Crippen LogP contribution in [0.3, 0.4) is 0 Å². The van der Waals surface area contributed by atoms with Gasteiger partial charge in [-0.1, -0.05) is 82.9 Å². The monoisotopic (exact) mass is 428 g/mol. The summed E-state index contributed by atoms with van der Waals surface area (Å²) >= 11 is 0. The first-order chi connectivity index (χ1) is 15.2. The topological polar surface area (TPSA) is 9.23 Å². The fraction of sp³-hybridized carbons (Fsp3) is 0.724. The van der Waals surface area contributed by atoms with Crippen molar-refractivity contribution in [1.29, 1.82) is 0 Å². The molecule has 2 heteroatoms. The quantitative estimate of drug-likeness (QED) is 0.302. The Hall–Kier alpha value is -1.31. The Morgan fingerprint density at radius 3 is 2.26 bits per heavy atom. The van der Waals surface area contributed by atoms with Gasteiger partial charge in [0.15, 0.2) is 11.6 Å². The fourth-order valence-electron chi connectivity index (χ4n) is 5.54. The van der Waals surface area contributed by atoms with E-state index in [2.05, 4.69) is 13.0 Å². The number of ether oxygens (including phenoxy) is 1. The number of benzene rings is 1. The molecule has 1 nitrogen and oxygen atoms in total. The molecule has 1 atom stereocenters. The van der Waals surface area contributed by atoms with Gasteiger partial charge >= 0.3 is 0 Å². The highest BCUT2D eigenvalue weighted by Gasteiger charge is 2.22. The van der Waals surface area contributed by atoms with Gasteiger partial charge in [0.25, 0.3) is 0 Å². The number of unbranched alkanes of at least 4 members (excludes halogenated alkanes) is 1. The van der Waals surface area contributed by atoms with E-state index in [1.54, 1.807) is 17.7 Å². The molecule has 1 unspecified atom stereocenters. The molecule has 0 spiro atoms. The molecule has 0 radical (unpaired) electrons. The average molecular weight is 429 g/mol. The number of halogens is 1. The first-order valence-corrected chi connectivity index (χ1v) is 13.3. The van der Waals surface area contributed by atoms with Crippen LogP contribution in [0.25, 0.3) is 0 Å². The lowest BCUT2D eigenvalue weighted by atomic mass is 9.76. The SMILES string of the molecule is CCCC[C@H]1CC[C@H](CCC2CC=C(CCc3ccc(OCCC)c(F)c3)CC2)CC1. The van der Waals surface area contributed by atoms with Gasteiger partial charge in [0.05, 0.1) is 6.61 Å². The normalized spacial score (nSPS) is 24.1. The molecule has 1 aromatic carbocycles. The zero-order valence-electron chi connectivity index (χ0n) is 20.1. The molecule has 3 rings (SSSR count). The summed E-state index contributed by atoms with van der Waals surface area (Å²) in [5.74, 6) is 3.10. The van der Waals surface area contributed by atoms with E-state index in [0.717, 1.165) is 42.6 Å². The highest BCUT2D eigenvalue weighted by atomic mass is 19.1. The first-order valence-electron chi connectivity index (χ1n) is 13.3. The van der Waals surface area contributed by atoms with E-state index in [9.17, 15) is 4.39 Å². The van der Waals surface area contributed by atoms with Crippen LogP contribution in [0.1, 0.15) is 109 Å². The van der Waals surface area contributed by atoms with Crippen molar-refractivity contribution in [2.24, 2.45) is 17.8 Å². The lowest BCUT2D eigenvalue weighted by Gasteiger charge is -2.30. The third kappa shape index (κ3) is 8.28. The van der Waals surface area contributed by atoms with E-state index in [0.29, 0.717) is 12.4 Å². The Bertz CT molecular complexity index is 671. The zero-order chi connectivity index (χ0) is 21.9. The lowest BCUT2D eigenvalue weighted by molar-refractivity contribution is 0.235. The Morgan fingerprint density at radius 2 is 1.61 bits per heavy atom. The first kappa shape index (κ1) is 24.3. The van der Waals surface area contributed by atoms with Gasteiger partial charge in [0.2, 0.25) is 0 Å². The summed E-state index contributed by atoms with van der Waals surface area (Å²) in [6, 6.07) is 5.48. The summed E-state index contributed by atoms with van der Waals surface area (Å²) in [6.45, 7) is 4.93. The number of hydrogen-bond donors (Lipinski definition) is 0. The maximum atomic E-state index is 14.2. The third-order valence-electron chi connectivity index (χ3n) is 7.72. The van der Waals surface area contributed by atoms with Crippen molar-refractivity contribution in [3.05, 3.63) is 41.2 Å². The zero-order valence-corrected chi connectivity index (χ0v) is 20.1. The molecular weight excluding hydrogens is 383 g/mol. The van der Waals surface area contributed by atoms with E-state index in [4.69, 9.17) is 4.74 Å². The van der Waals surface area contributed by atoms with Crippen LogP contribution in [-0.2, 0) is 6.42 Å². The standard InChI is InChI=1S/C29H45FO/c1-3-5-6-23-7-9-24(10-8-23)11-12-25-13-15-26(16-14-25)17-18-27-19-20-29(28(30)22-27)31-21-4-2/h15,19-20,22-25H,3-14,16-18,21H2,1-2H3/t23-,24-,25?. The van der Waals surface area contributed by atoms with Crippen LogP contribution in [-0.4, -0.2) is 6.61 Å². The summed E-state index contributed by atoms with van der Waals surface area (Å²) in [5.41, 5.74) is 2.67. The van der Waals surface area contributed by atoms with Crippen molar-refractivity contribution in [3.63, 3.8) is 0 Å². The maximum absolute atomic E-state index is 14.2. The average Bonchev–Trinajstić information content (AvgIpc) is 2.81. The van der Waals surface area contributed by atoms with Crippen LogP contribution in [0.15, 0.2) is 29.8 Å². The predicted octanol–water partition coefficient (Wildman–Crippen LogP) is 9.05. The van der Waals surface area contributed by atoms with Crippen molar-refractivity contribution in [1.82, 2.24) is 0 Å². The van der Waals surface area contributed by atoms with Crippen LogP contribution in [0.5, 0.6) is 5.75 Å². The highest BCUT2D eigenvalue weighted by molar-refractivity contribution is 5.30. The van der Waals surface area contributed by atoms with Gasteiger partial charge in [-0.3, -0.25) is 0 Å². The molecule has 0 saturated heterocycles. The fourth-order valence-corrected chi connectivity index (χ4v) is 5.54. The van der Waals surface area contributed by atoms with Gasteiger partial charge in [0, 0.05) is 0 Å². The second kappa shape index (κ2) is 13.3. The van der Waals surface area contributed by atoms with Crippen LogP contribution in [0.2, 0.25) is 0 Å². The van der Waals surface area contributed by atoms with Gasteiger partial charge in [-0.15, -0.1) is 0 Å². The molecule has 2 aliphatic carbocycles. The summed E-state index contributed by atoms with van der Waals surface area (Å²) < 4.78 is 19.6. The van der Waals surface area contributed by atoms with Gasteiger partial charge in [-0.05, 0) is 80.4 Å². The van der Waals surface area contributed by atoms with Gasteiger partial charge < -0.3 is 4.74 Å². The predicted molar refractivity (Wildman–Crippen MR) is 130 cm³/mol. The van der Waals surface area contributed by atoms with Crippen molar-refractivity contribution in [3.8, 4) is 5.75 Å². The molecule has 1 saturated carbocycles. The molecule has 1 fully saturated rings. The molecule has 0 aromatic heterocycles. The molecule has 0 aliphatic heterocycles. The van der Waals surface area contributed by atoms with E-state index < -0.39 is 0 Å². The van der Waals surface area contributed by atoms with Crippen LogP contribution in [0, 0.1) is 23.6 Å². The van der Waals surface area contributed by atoms with Gasteiger partial charge in [-0.2, -0.15) is 0 Å². The summed E-state index contributed by atoms with van der Waals surface area (Å²) in [4.78, 5) is 0. The Balaban J connectivity index is 1.33. The van der Waals surface area contributed by atoms with E-state index in [1.165, 1.54) is 77.0 Å². The molecule has 1 aromatic rings. The summed E-state index contributed by atoms with van der Waals surface area (Å²) in [5, 5.41) is 0. The minimum absolute atomic E-state index is 0.219. The second-order valence-electron chi connectivity index (χ2n) is 10.2. The molecule has 0 N–H and O–H groups in total.